The Kier molecular flexibility index (Phi) is 5.99. The van der Waals surface area contributed by atoms with Gasteiger partial charge in [-0.3, -0.25) is 5.43 Å². The van der Waals surface area contributed by atoms with Gasteiger partial charge in [0, 0.05) is 11.6 Å². The number of phenolic OH excluding ortho intramolecular Hbond substituents is 1. The van der Waals surface area contributed by atoms with Gasteiger partial charge in [0.25, 0.3) is 0 Å². The van der Waals surface area contributed by atoms with Crippen molar-refractivity contribution in [1.82, 2.24) is 9.97 Å². The highest BCUT2D eigenvalue weighted by atomic mass is 19.2. The summed E-state index contributed by atoms with van der Waals surface area (Å²) in [6.07, 6.45) is 0.459. The van der Waals surface area contributed by atoms with E-state index in [1.54, 1.807) is 42.5 Å². The van der Waals surface area contributed by atoms with Crippen LogP contribution >= 0.6 is 0 Å². The summed E-state index contributed by atoms with van der Waals surface area (Å²) < 4.78 is 67.7. The molecule has 0 amide bonds. The highest BCUT2D eigenvalue weighted by Crippen LogP contribution is 2.29. The smallest absolute Gasteiger partial charge is 0.200 e. The SMILES string of the molecule is Oc1ccccc1-c1nc(N/N=C\c2c(F)c(F)c(F)c(F)c2F)cc(-c2ccccc2)n1. The summed E-state index contributed by atoms with van der Waals surface area (Å²) in [5, 5.41) is 13.7. The molecule has 3 aromatic carbocycles. The van der Waals surface area contributed by atoms with Gasteiger partial charge in [-0.25, -0.2) is 31.9 Å². The quantitative estimate of drug-likeness (QED) is 0.134. The number of nitrogens with zero attached hydrogens (tertiary/aromatic N) is 3. The van der Waals surface area contributed by atoms with Crippen LogP contribution in [0.2, 0.25) is 0 Å². The first-order chi connectivity index (χ1) is 15.9. The molecule has 1 aromatic heterocycles. The van der Waals surface area contributed by atoms with Gasteiger partial charge in [-0.15, -0.1) is 0 Å². The second-order valence-corrected chi connectivity index (χ2v) is 6.70. The third-order valence-corrected chi connectivity index (χ3v) is 4.56. The first-order valence-electron chi connectivity index (χ1n) is 9.40. The molecule has 0 atom stereocenters. The Morgan fingerprint density at radius 3 is 2.03 bits per heavy atom. The Balaban J connectivity index is 1.74. The summed E-state index contributed by atoms with van der Waals surface area (Å²) in [5.74, 6) is -10.4. The van der Waals surface area contributed by atoms with Crippen molar-refractivity contribution in [2.75, 3.05) is 5.43 Å². The number of halogens is 5. The average molecular weight is 456 g/mol. The van der Waals surface area contributed by atoms with E-state index in [2.05, 4.69) is 20.5 Å². The van der Waals surface area contributed by atoms with Crippen LogP contribution in [0.1, 0.15) is 5.56 Å². The van der Waals surface area contributed by atoms with Crippen molar-refractivity contribution in [1.29, 1.82) is 0 Å². The predicted octanol–water partition coefficient (Wildman–Crippen LogP) is 5.66. The number of hydrogen-bond donors (Lipinski definition) is 2. The van der Waals surface area contributed by atoms with E-state index in [1.165, 1.54) is 12.1 Å². The van der Waals surface area contributed by atoms with Gasteiger partial charge in [0.1, 0.15) is 5.75 Å². The molecule has 2 N–H and O–H groups in total. The third-order valence-electron chi connectivity index (χ3n) is 4.56. The molecule has 0 saturated heterocycles. The summed E-state index contributed by atoms with van der Waals surface area (Å²) in [5.41, 5.74) is 2.63. The number of rotatable bonds is 5. The highest BCUT2D eigenvalue weighted by Gasteiger charge is 2.24. The number of para-hydroxylation sites is 1. The molecule has 1 heterocycles. The van der Waals surface area contributed by atoms with E-state index in [0.29, 0.717) is 23.0 Å². The van der Waals surface area contributed by atoms with E-state index in [0.717, 1.165) is 0 Å². The molecule has 0 radical (unpaired) electrons. The molecule has 10 heteroatoms. The van der Waals surface area contributed by atoms with Crippen LogP contribution in [0.4, 0.5) is 27.8 Å². The summed E-state index contributed by atoms with van der Waals surface area (Å²) in [6.45, 7) is 0. The second kappa shape index (κ2) is 9.03. The molecule has 0 unspecified atom stereocenters. The molecule has 0 saturated carbocycles. The van der Waals surface area contributed by atoms with Crippen LogP contribution in [-0.2, 0) is 0 Å². The lowest BCUT2D eigenvalue weighted by Crippen LogP contribution is -2.07. The summed E-state index contributed by atoms with van der Waals surface area (Å²) in [4.78, 5) is 8.66. The van der Waals surface area contributed by atoms with Crippen LogP contribution in [-0.4, -0.2) is 21.3 Å². The second-order valence-electron chi connectivity index (χ2n) is 6.70. The highest BCUT2D eigenvalue weighted by molar-refractivity contribution is 5.81. The Morgan fingerprint density at radius 2 is 1.36 bits per heavy atom. The fourth-order valence-corrected chi connectivity index (χ4v) is 2.94. The molecule has 33 heavy (non-hydrogen) atoms. The van der Waals surface area contributed by atoms with E-state index >= 15 is 0 Å². The standard InChI is InChI=1S/C23H13F5N4O/c24-18-14(19(25)21(27)22(28)20(18)26)11-29-32-17-10-15(12-6-2-1-3-7-12)30-23(31-17)13-8-4-5-9-16(13)33/h1-11,33H,(H,30,31,32)/b29-11-. The predicted molar refractivity (Wildman–Crippen MR) is 112 cm³/mol. The van der Waals surface area contributed by atoms with Crippen molar-refractivity contribution in [3.63, 3.8) is 0 Å². The van der Waals surface area contributed by atoms with E-state index in [1.807, 2.05) is 6.07 Å². The van der Waals surface area contributed by atoms with Crippen LogP contribution in [0.5, 0.6) is 5.75 Å². The van der Waals surface area contributed by atoms with Crippen molar-refractivity contribution < 1.29 is 27.1 Å². The first kappa shape index (κ1) is 21.9. The zero-order valence-corrected chi connectivity index (χ0v) is 16.5. The van der Waals surface area contributed by atoms with Gasteiger partial charge in [-0.05, 0) is 12.1 Å². The van der Waals surface area contributed by atoms with E-state index in [-0.39, 0.29) is 17.4 Å². The number of anilines is 1. The van der Waals surface area contributed by atoms with Crippen LogP contribution < -0.4 is 5.43 Å². The number of phenols is 1. The van der Waals surface area contributed by atoms with Gasteiger partial charge in [0.2, 0.25) is 5.82 Å². The van der Waals surface area contributed by atoms with Crippen molar-refractivity contribution in [2.45, 2.75) is 0 Å². The zero-order valence-electron chi connectivity index (χ0n) is 16.5. The van der Waals surface area contributed by atoms with Gasteiger partial charge in [0.05, 0.1) is 23.0 Å². The minimum atomic E-state index is -2.26. The molecule has 0 bridgehead atoms. The summed E-state index contributed by atoms with van der Waals surface area (Å²) >= 11 is 0. The lowest BCUT2D eigenvalue weighted by Gasteiger charge is -2.09. The Hall–Kier alpha value is -4.34. The fourth-order valence-electron chi connectivity index (χ4n) is 2.94. The largest absolute Gasteiger partial charge is 0.507 e. The van der Waals surface area contributed by atoms with E-state index in [9.17, 15) is 27.1 Å². The summed E-state index contributed by atoms with van der Waals surface area (Å²) in [7, 11) is 0. The van der Waals surface area contributed by atoms with E-state index < -0.39 is 34.6 Å². The topological polar surface area (TPSA) is 70.4 Å². The maximum Gasteiger partial charge on any atom is 0.200 e. The fraction of sp³-hybridized carbons (Fsp3) is 0. The minimum absolute atomic E-state index is 0.0437. The number of nitrogens with one attached hydrogen (secondary N) is 1. The van der Waals surface area contributed by atoms with Gasteiger partial charge in [-0.1, -0.05) is 42.5 Å². The van der Waals surface area contributed by atoms with E-state index in [4.69, 9.17) is 0 Å². The molecule has 0 spiro atoms. The number of aromatic hydroxyl groups is 1. The molecular weight excluding hydrogens is 443 g/mol. The van der Waals surface area contributed by atoms with Crippen molar-refractivity contribution in [3.05, 3.63) is 95.3 Å². The van der Waals surface area contributed by atoms with Gasteiger partial charge >= 0.3 is 0 Å². The van der Waals surface area contributed by atoms with Crippen LogP contribution in [0.3, 0.4) is 0 Å². The summed E-state index contributed by atoms with van der Waals surface area (Å²) in [6, 6.07) is 16.7. The Bertz CT molecular complexity index is 1330. The maximum atomic E-state index is 13.9. The molecule has 166 valence electrons. The average Bonchev–Trinajstić information content (AvgIpc) is 2.84. The van der Waals surface area contributed by atoms with Crippen molar-refractivity contribution in [2.24, 2.45) is 5.10 Å². The van der Waals surface area contributed by atoms with Gasteiger partial charge in [0.15, 0.2) is 34.9 Å². The minimum Gasteiger partial charge on any atom is -0.507 e. The molecule has 5 nitrogen and oxygen atoms in total. The molecule has 0 fully saturated rings. The first-order valence-corrected chi connectivity index (χ1v) is 9.40. The number of aromatic nitrogens is 2. The Morgan fingerprint density at radius 1 is 0.758 bits per heavy atom. The van der Waals surface area contributed by atoms with Crippen LogP contribution in [0, 0.1) is 29.1 Å². The number of hydrazone groups is 1. The van der Waals surface area contributed by atoms with Crippen LogP contribution in [0.15, 0.2) is 65.8 Å². The molecule has 4 aromatic rings. The van der Waals surface area contributed by atoms with Gasteiger partial charge in [-0.2, -0.15) is 5.10 Å². The molecule has 0 aliphatic carbocycles. The monoisotopic (exact) mass is 456 g/mol. The normalized spacial score (nSPS) is 11.2. The van der Waals surface area contributed by atoms with Gasteiger partial charge < -0.3 is 5.11 Å². The number of benzene rings is 3. The molecule has 0 aliphatic heterocycles. The molecule has 0 aliphatic rings. The third kappa shape index (κ3) is 4.36. The zero-order chi connectivity index (χ0) is 23.5. The lowest BCUT2D eigenvalue weighted by molar-refractivity contribution is 0.377. The lowest BCUT2D eigenvalue weighted by atomic mass is 10.1. The molecular formula is C23H13F5N4O. The van der Waals surface area contributed by atoms with Crippen molar-refractivity contribution >= 4 is 12.0 Å². The molecule has 4 rings (SSSR count). The number of hydrogen-bond acceptors (Lipinski definition) is 5. The van der Waals surface area contributed by atoms with Crippen molar-refractivity contribution in [3.8, 4) is 28.4 Å². The van der Waals surface area contributed by atoms with Crippen LogP contribution in [0.25, 0.3) is 22.6 Å². The Labute approximate surface area is 183 Å². The maximum absolute atomic E-state index is 13.9.